The first-order valence-electron chi connectivity index (χ1n) is 12.1. The largest absolute Gasteiger partial charge is 0.462 e. The van der Waals surface area contributed by atoms with Crippen LogP contribution in [0, 0.1) is 6.92 Å². The third-order valence-electron chi connectivity index (χ3n) is 5.60. The van der Waals surface area contributed by atoms with Crippen LogP contribution in [-0.4, -0.2) is 39.7 Å². The summed E-state index contributed by atoms with van der Waals surface area (Å²) < 4.78 is 38.5. The molecular weight excluding hydrogens is 518 g/mol. The lowest BCUT2D eigenvalue weighted by atomic mass is 10.1. The van der Waals surface area contributed by atoms with Crippen LogP contribution in [0.15, 0.2) is 105 Å². The standard InChI is InChI=1S/C29H27N3O6S/c1-3-37-29(34)23-14-12-22(13-15-23)27-17-16-25(38-27)19-30-31-28(33)20-32(24-9-7-8-21(2)18-24)39(35,36)26-10-5-4-6-11-26/h4-19H,3,20H2,1-2H3,(H,31,33)/b30-19-. The molecule has 0 radical (unpaired) electrons. The van der Waals surface area contributed by atoms with Crippen LogP contribution in [-0.2, 0) is 19.6 Å². The third kappa shape index (κ3) is 6.79. The van der Waals surface area contributed by atoms with Gasteiger partial charge in [-0.25, -0.2) is 18.6 Å². The number of nitrogens with one attached hydrogen (secondary N) is 1. The predicted molar refractivity (Wildman–Crippen MR) is 148 cm³/mol. The van der Waals surface area contributed by atoms with E-state index in [0.29, 0.717) is 29.4 Å². The summed E-state index contributed by atoms with van der Waals surface area (Å²) in [5, 5.41) is 3.92. The number of carbonyl (C=O) groups is 2. The van der Waals surface area contributed by atoms with Crippen molar-refractivity contribution in [2.45, 2.75) is 18.7 Å². The van der Waals surface area contributed by atoms with E-state index in [4.69, 9.17) is 9.15 Å². The molecule has 4 aromatic rings. The number of aryl methyl sites for hydroxylation is 1. The van der Waals surface area contributed by atoms with Crippen molar-refractivity contribution < 1.29 is 27.2 Å². The monoisotopic (exact) mass is 545 g/mol. The Kier molecular flexibility index (Phi) is 8.57. The molecule has 0 aliphatic carbocycles. The molecule has 0 bridgehead atoms. The fourth-order valence-corrected chi connectivity index (χ4v) is 5.15. The number of furan rings is 1. The molecule has 1 aromatic heterocycles. The van der Waals surface area contributed by atoms with Gasteiger partial charge in [0.2, 0.25) is 0 Å². The molecule has 0 saturated carbocycles. The Morgan fingerprint density at radius 3 is 2.41 bits per heavy atom. The summed E-state index contributed by atoms with van der Waals surface area (Å²) in [4.78, 5) is 24.6. The summed E-state index contributed by atoms with van der Waals surface area (Å²) in [7, 11) is -4.01. The summed E-state index contributed by atoms with van der Waals surface area (Å²) >= 11 is 0. The zero-order valence-corrected chi connectivity index (χ0v) is 22.2. The van der Waals surface area contributed by atoms with Gasteiger partial charge in [-0.15, -0.1) is 0 Å². The van der Waals surface area contributed by atoms with E-state index in [2.05, 4.69) is 10.5 Å². The Morgan fingerprint density at radius 1 is 0.974 bits per heavy atom. The van der Waals surface area contributed by atoms with E-state index >= 15 is 0 Å². The molecule has 9 nitrogen and oxygen atoms in total. The number of amides is 1. The molecule has 0 saturated heterocycles. The van der Waals surface area contributed by atoms with Crippen LogP contribution in [0.25, 0.3) is 11.3 Å². The van der Waals surface area contributed by atoms with Crippen molar-refractivity contribution in [3.63, 3.8) is 0 Å². The third-order valence-corrected chi connectivity index (χ3v) is 7.38. The number of benzene rings is 3. The zero-order chi connectivity index (χ0) is 27.8. The van der Waals surface area contributed by atoms with Gasteiger partial charge in [-0.1, -0.05) is 42.5 Å². The highest BCUT2D eigenvalue weighted by molar-refractivity contribution is 7.92. The van der Waals surface area contributed by atoms with E-state index in [1.807, 2.05) is 13.0 Å². The first kappa shape index (κ1) is 27.3. The van der Waals surface area contributed by atoms with Crippen LogP contribution in [0.2, 0.25) is 0 Å². The number of sulfonamides is 1. The minimum absolute atomic E-state index is 0.0706. The number of hydrogen-bond acceptors (Lipinski definition) is 7. The van der Waals surface area contributed by atoms with Crippen LogP contribution in [0.4, 0.5) is 5.69 Å². The molecule has 4 rings (SSSR count). The van der Waals surface area contributed by atoms with Crippen molar-refractivity contribution in [2.75, 3.05) is 17.5 Å². The molecule has 1 amide bonds. The quantitative estimate of drug-likeness (QED) is 0.174. The fourth-order valence-electron chi connectivity index (χ4n) is 3.71. The molecule has 3 aromatic carbocycles. The van der Waals surface area contributed by atoms with Gasteiger partial charge in [-0.05, 0) is 67.9 Å². The van der Waals surface area contributed by atoms with Crippen molar-refractivity contribution in [1.29, 1.82) is 0 Å². The second-order valence-corrected chi connectivity index (χ2v) is 10.3. The number of anilines is 1. The van der Waals surface area contributed by atoms with Gasteiger partial charge >= 0.3 is 5.97 Å². The fraction of sp³-hybridized carbons (Fsp3) is 0.138. The lowest BCUT2D eigenvalue weighted by Gasteiger charge is -2.24. The number of esters is 1. The Bertz CT molecular complexity index is 1580. The van der Waals surface area contributed by atoms with Gasteiger partial charge < -0.3 is 9.15 Å². The summed E-state index contributed by atoms with van der Waals surface area (Å²) in [5.74, 6) is -0.122. The zero-order valence-electron chi connectivity index (χ0n) is 21.4. The minimum Gasteiger partial charge on any atom is -0.462 e. The van der Waals surface area contributed by atoms with Gasteiger partial charge in [0.15, 0.2) is 0 Å². The average Bonchev–Trinajstić information content (AvgIpc) is 3.41. The number of hydrazone groups is 1. The summed E-state index contributed by atoms with van der Waals surface area (Å²) in [6.45, 7) is 3.40. The summed E-state index contributed by atoms with van der Waals surface area (Å²) in [6, 6.07) is 25.0. The SMILES string of the molecule is CCOC(=O)c1ccc(-c2ccc(/C=N\NC(=O)CN(c3cccc(C)c3)S(=O)(=O)c3ccccc3)o2)cc1. The number of carbonyl (C=O) groups excluding carboxylic acids is 2. The van der Waals surface area contributed by atoms with Crippen LogP contribution in [0.1, 0.15) is 28.6 Å². The maximum absolute atomic E-state index is 13.4. The number of rotatable bonds is 10. The van der Waals surface area contributed by atoms with Crippen molar-refractivity contribution in [3.05, 3.63) is 108 Å². The number of ether oxygens (including phenoxy) is 1. The highest BCUT2D eigenvalue weighted by Gasteiger charge is 2.27. The van der Waals surface area contributed by atoms with E-state index in [9.17, 15) is 18.0 Å². The molecule has 0 spiro atoms. The van der Waals surface area contributed by atoms with Gasteiger partial charge in [0, 0.05) is 5.56 Å². The number of hydrogen-bond donors (Lipinski definition) is 1. The molecule has 0 unspecified atom stereocenters. The van der Waals surface area contributed by atoms with Gasteiger partial charge in [0.05, 0.1) is 29.0 Å². The Balaban J connectivity index is 1.44. The van der Waals surface area contributed by atoms with Crippen molar-refractivity contribution >= 4 is 33.8 Å². The van der Waals surface area contributed by atoms with E-state index in [1.165, 1.54) is 18.3 Å². The van der Waals surface area contributed by atoms with E-state index in [0.717, 1.165) is 15.4 Å². The van der Waals surface area contributed by atoms with Gasteiger partial charge in [0.1, 0.15) is 18.1 Å². The highest BCUT2D eigenvalue weighted by atomic mass is 32.2. The maximum Gasteiger partial charge on any atom is 0.338 e. The normalized spacial score (nSPS) is 11.3. The second kappa shape index (κ2) is 12.2. The Labute approximate surface area is 226 Å². The van der Waals surface area contributed by atoms with E-state index in [1.54, 1.807) is 79.7 Å². The molecule has 0 aliphatic rings. The topological polar surface area (TPSA) is 118 Å². The van der Waals surface area contributed by atoms with Crippen molar-refractivity contribution in [3.8, 4) is 11.3 Å². The summed E-state index contributed by atoms with van der Waals surface area (Å²) in [5.41, 5.74) is 4.76. The molecular formula is C29H27N3O6S. The highest BCUT2D eigenvalue weighted by Crippen LogP contribution is 2.25. The molecule has 1 heterocycles. The van der Waals surface area contributed by atoms with Crippen molar-refractivity contribution in [2.24, 2.45) is 5.10 Å². The van der Waals surface area contributed by atoms with Gasteiger partial charge in [-0.2, -0.15) is 5.10 Å². The van der Waals surface area contributed by atoms with Crippen LogP contribution >= 0.6 is 0 Å². The Morgan fingerprint density at radius 2 is 1.72 bits per heavy atom. The molecule has 0 aliphatic heterocycles. The van der Waals surface area contributed by atoms with Crippen LogP contribution in [0.3, 0.4) is 0 Å². The maximum atomic E-state index is 13.4. The minimum atomic E-state index is -4.01. The second-order valence-electron chi connectivity index (χ2n) is 8.46. The lowest BCUT2D eigenvalue weighted by Crippen LogP contribution is -2.39. The molecule has 1 N–H and O–H groups in total. The first-order chi connectivity index (χ1) is 18.8. The van der Waals surface area contributed by atoms with Crippen molar-refractivity contribution in [1.82, 2.24) is 5.43 Å². The van der Waals surface area contributed by atoms with Gasteiger partial charge in [-0.3, -0.25) is 9.10 Å². The Hall–Kier alpha value is -4.70. The predicted octanol–water partition coefficient (Wildman–Crippen LogP) is 4.78. The molecule has 200 valence electrons. The van der Waals surface area contributed by atoms with E-state index in [-0.39, 0.29) is 4.90 Å². The molecule has 0 fully saturated rings. The first-order valence-corrected chi connectivity index (χ1v) is 13.6. The lowest BCUT2D eigenvalue weighted by molar-refractivity contribution is -0.119. The number of nitrogens with zero attached hydrogens (tertiary/aromatic N) is 2. The summed E-state index contributed by atoms with van der Waals surface area (Å²) in [6.07, 6.45) is 1.32. The molecule has 39 heavy (non-hydrogen) atoms. The average molecular weight is 546 g/mol. The van der Waals surface area contributed by atoms with Gasteiger partial charge in [0.25, 0.3) is 15.9 Å². The van der Waals surface area contributed by atoms with Crippen LogP contribution < -0.4 is 9.73 Å². The molecule has 0 atom stereocenters. The smallest absolute Gasteiger partial charge is 0.338 e. The van der Waals surface area contributed by atoms with E-state index < -0.39 is 28.4 Å². The van der Waals surface area contributed by atoms with Crippen LogP contribution in [0.5, 0.6) is 0 Å². The molecule has 10 heteroatoms.